The van der Waals surface area contributed by atoms with Gasteiger partial charge in [-0.1, -0.05) is 6.07 Å². The maximum absolute atomic E-state index is 12.9. The van der Waals surface area contributed by atoms with Crippen molar-refractivity contribution < 1.29 is 18.0 Å². The van der Waals surface area contributed by atoms with Crippen LogP contribution in [0.15, 0.2) is 42.7 Å². The molecule has 134 valence electrons. The Bertz CT molecular complexity index is 948. The maximum Gasteiger partial charge on any atom is 0.416 e. The van der Waals surface area contributed by atoms with Crippen LogP contribution in [0, 0.1) is 13.8 Å². The molecule has 3 rings (SSSR count). The van der Waals surface area contributed by atoms with E-state index < -0.39 is 17.6 Å². The van der Waals surface area contributed by atoms with Crippen molar-refractivity contribution in [2.75, 3.05) is 5.32 Å². The lowest BCUT2D eigenvalue weighted by atomic mass is 10.2. The summed E-state index contributed by atoms with van der Waals surface area (Å²) in [5.74, 6) is -0.306. The fourth-order valence-corrected chi connectivity index (χ4v) is 2.29. The average Bonchev–Trinajstić information content (AvgIpc) is 2.95. The van der Waals surface area contributed by atoms with Crippen molar-refractivity contribution in [1.29, 1.82) is 0 Å². The Morgan fingerprint density at radius 2 is 1.85 bits per heavy atom. The molecule has 2 heterocycles. The molecular weight excluding hydrogens is 347 g/mol. The van der Waals surface area contributed by atoms with E-state index in [1.807, 2.05) is 0 Å². The zero-order valence-electron chi connectivity index (χ0n) is 13.9. The first kappa shape index (κ1) is 17.6. The quantitative estimate of drug-likeness (QED) is 0.774. The number of hydrogen-bond donors (Lipinski definition) is 1. The van der Waals surface area contributed by atoms with E-state index in [0.29, 0.717) is 11.4 Å². The molecule has 0 saturated carbocycles. The number of nitrogens with zero attached hydrogens (tertiary/aromatic N) is 4. The normalized spacial score (nSPS) is 11.4. The van der Waals surface area contributed by atoms with Gasteiger partial charge in [-0.15, -0.1) is 0 Å². The minimum absolute atomic E-state index is 0.0880. The highest BCUT2D eigenvalue weighted by Gasteiger charge is 2.30. The lowest BCUT2D eigenvalue weighted by Crippen LogP contribution is -2.17. The van der Waals surface area contributed by atoms with Crippen LogP contribution < -0.4 is 5.32 Å². The first-order valence-electron chi connectivity index (χ1n) is 7.58. The number of carbonyl (C=O) groups excluding carboxylic acids is 1. The van der Waals surface area contributed by atoms with E-state index in [1.165, 1.54) is 29.2 Å². The summed E-state index contributed by atoms with van der Waals surface area (Å²) in [6.07, 6.45) is -1.70. The van der Waals surface area contributed by atoms with Crippen LogP contribution in [0.1, 0.15) is 27.4 Å². The highest BCUT2D eigenvalue weighted by molar-refractivity contribution is 6.02. The van der Waals surface area contributed by atoms with Gasteiger partial charge in [-0.2, -0.15) is 18.3 Å². The van der Waals surface area contributed by atoms with E-state index in [9.17, 15) is 18.0 Å². The Balaban J connectivity index is 1.94. The lowest BCUT2D eigenvalue weighted by molar-refractivity contribution is -0.137. The van der Waals surface area contributed by atoms with Gasteiger partial charge in [0.25, 0.3) is 5.91 Å². The first-order valence-corrected chi connectivity index (χ1v) is 7.58. The van der Waals surface area contributed by atoms with Gasteiger partial charge in [-0.3, -0.25) is 9.78 Å². The van der Waals surface area contributed by atoms with Crippen molar-refractivity contribution in [3.8, 4) is 5.69 Å². The monoisotopic (exact) mass is 361 g/mol. The van der Waals surface area contributed by atoms with Crippen LogP contribution in [0.25, 0.3) is 5.69 Å². The molecule has 0 unspecified atom stereocenters. The van der Waals surface area contributed by atoms with Crippen molar-refractivity contribution in [1.82, 2.24) is 19.7 Å². The van der Waals surface area contributed by atoms with Crippen molar-refractivity contribution >= 4 is 11.7 Å². The number of aromatic nitrogens is 4. The highest BCUT2D eigenvalue weighted by atomic mass is 19.4. The van der Waals surface area contributed by atoms with Crippen LogP contribution >= 0.6 is 0 Å². The van der Waals surface area contributed by atoms with Gasteiger partial charge in [-0.25, -0.2) is 9.67 Å². The minimum atomic E-state index is -4.47. The SMILES string of the molecule is Cc1cnc(C(=O)Nc2cc(C)nn2-c2cccc(C(F)(F)F)c2)cn1. The molecule has 9 heteroatoms. The van der Waals surface area contributed by atoms with E-state index in [0.717, 1.165) is 12.1 Å². The highest BCUT2D eigenvalue weighted by Crippen LogP contribution is 2.31. The fourth-order valence-electron chi connectivity index (χ4n) is 2.29. The lowest BCUT2D eigenvalue weighted by Gasteiger charge is -2.11. The summed E-state index contributed by atoms with van der Waals surface area (Å²) in [5.41, 5.74) is 0.659. The summed E-state index contributed by atoms with van der Waals surface area (Å²) in [6.45, 7) is 3.41. The van der Waals surface area contributed by atoms with E-state index in [4.69, 9.17) is 0 Å². The molecule has 2 aromatic heterocycles. The predicted molar refractivity (Wildman–Crippen MR) is 88.0 cm³/mol. The van der Waals surface area contributed by atoms with Gasteiger partial charge in [0, 0.05) is 12.3 Å². The third-order valence-corrected chi connectivity index (χ3v) is 3.50. The Hall–Kier alpha value is -3.23. The van der Waals surface area contributed by atoms with Crippen LogP contribution in [-0.2, 0) is 6.18 Å². The maximum atomic E-state index is 12.9. The number of benzene rings is 1. The summed E-state index contributed by atoms with van der Waals surface area (Å²) in [6, 6.07) is 6.25. The van der Waals surface area contributed by atoms with Crippen molar-refractivity contribution in [3.63, 3.8) is 0 Å². The third kappa shape index (κ3) is 3.71. The molecule has 0 aliphatic heterocycles. The van der Waals surface area contributed by atoms with Crippen LogP contribution in [0.5, 0.6) is 0 Å². The smallest absolute Gasteiger partial charge is 0.305 e. The summed E-state index contributed by atoms with van der Waals surface area (Å²) >= 11 is 0. The Kier molecular flexibility index (Phi) is 4.45. The van der Waals surface area contributed by atoms with E-state index in [1.54, 1.807) is 19.9 Å². The molecule has 6 nitrogen and oxygen atoms in total. The third-order valence-electron chi connectivity index (χ3n) is 3.50. The molecular formula is C17H14F3N5O. The molecule has 1 N–H and O–H groups in total. The van der Waals surface area contributed by atoms with Crippen LogP contribution in [0.4, 0.5) is 19.0 Å². The molecule has 0 atom stereocenters. The molecule has 0 radical (unpaired) electrons. The zero-order chi connectivity index (χ0) is 18.9. The van der Waals surface area contributed by atoms with E-state index in [-0.39, 0.29) is 17.2 Å². The fraction of sp³-hybridized carbons (Fsp3) is 0.176. The second-order valence-corrected chi connectivity index (χ2v) is 5.63. The summed E-state index contributed by atoms with van der Waals surface area (Å²) < 4.78 is 40.1. The Morgan fingerprint density at radius 3 is 2.50 bits per heavy atom. The molecule has 0 bridgehead atoms. The molecule has 1 aromatic carbocycles. The van der Waals surface area contributed by atoms with Gasteiger partial charge in [0.05, 0.1) is 28.8 Å². The van der Waals surface area contributed by atoms with Crippen LogP contribution in [-0.4, -0.2) is 25.7 Å². The topological polar surface area (TPSA) is 72.7 Å². The average molecular weight is 361 g/mol. The van der Waals surface area contributed by atoms with Gasteiger partial charge in [0.2, 0.25) is 0 Å². The van der Waals surface area contributed by atoms with Crippen molar-refractivity contribution in [2.24, 2.45) is 0 Å². The number of hydrogen-bond acceptors (Lipinski definition) is 4. The van der Waals surface area contributed by atoms with Gasteiger partial charge < -0.3 is 5.32 Å². The standard InChI is InChI=1S/C17H14F3N5O/c1-10-6-15(23-16(26)14-9-21-11(2)8-22-14)25(24-10)13-5-3-4-12(7-13)17(18,19)20/h3-9H,1-2H3,(H,23,26). The number of nitrogens with one attached hydrogen (secondary N) is 1. The second kappa shape index (κ2) is 6.58. The van der Waals surface area contributed by atoms with E-state index in [2.05, 4.69) is 20.4 Å². The number of rotatable bonds is 3. The number of halogens is 3. The van der Waals surface area contributed by atoms with Crippen LogP contribution in [0.2, 0.25) is 0 Å². The molecule has 0 aliphatic rings. The molecule has 1 amide bonds. The number of aryl methyl sites for hydroxylation is 2. The number of carbonyl (C=O) groups is 1. The largest absolute Gasteiger partial charge is 0.416 e. The Morgan fingerprint density at radius 1 is 1.08 bits per heavy atom. The second-order valence-electron chi connectivity index (χ2n) is 5.63. The zero-order valence-corrected chi connectivity index (χ0v) is 13.9. The molecule has 26 heavy (non-hydrogen) atoms. The molecule has 0 aliphatic carbocycles. The van der Waals surface area contributed by atoms with Crippen molar-refractivity contribution in [2.45, 2.75) is 20.0 Å². The minimum Gasteiger partial charge on any atom is -0.305 e. The van der Waals surface area contributed by atoms with Gasteiger partial charge in [-0.05, 0) is 32.0 Å². The van der Waals surface area contributed by atoms with Gasteiger partial charge in [0.1, 0.15) is 11.5 Å². The molecule has 3 aromatic rings. The summed E-state index contributed by atoms with van der Waals surface area (Å²) in [7, 11) is 0. The molecule has 0 fully saturated rings. The predicted octanol–water partition coefficient (Wildman–Crippen LogP) is 3.55. The van der Waals surface area contributed by atoms with Crippen molar-refractivity contribution in [3.05, 3.63) is 65.4 Å². The Labute approximate surface area is 146 Å². The van der Waals surface area contributed by atoms with Crippen LogP contribution in [0.3, 0.4) is 0 Å². The number of amides is 1. The first-order chi connectivity index (χ1) is 12.2. The summed E-state index contributed by atoms with van der Waals surface area (Å²) in [5, 5.41) is 6.77. The van der Waals surface area contributed by atoms with Gasteiger partial charge in [0.15, 0.2) is 0 Å². The number of alkyl halides is 3. The summed E-state index contributed by atoms with van der Waals surface area (Å²) in [4.78, 5) is 20.3. The molecule has 0 spiro atoms. The van der Waals surface area contributed by atoms with E-state index >= 15 is 0 Å². The van der Waals surface area contributed by atoms with Gasteiger partial charge >= 0.3 is 6.18 Å². The number of anilines is 1. The molecule has 0 saturated heterocycles.